The molecule has 0 saturated heterocycles. The molecule has 0 amide bonds. The largest absolute Gasteiger partial charge is 0.451 e. The minimum absolute atomic E-state index is 0.0384. The van der Waals surface area contributed by atoms with Crippen LogP contribution in [-0.2, 0) is 0 Å². The third-order valence-corrected chi connectivity index (χ3v) is 4.10. The van der Waals surface area contributed by atoms with Gasteiger partial charge in [0.15, 0.2) is 17.3 Å². The van der Waals surface area contributed by atoms with Gasteiger partial charge in [-0.2, -0.15) is 9.49 Å². The van der Waals surface area contributed by atoms with Crippen LogP contribution in [0.1, 0.15) is 5.56 Å². The Labute approximate surface area is 155 Å². The number of aryl methyl sites for hydroxylation is 1. The first kappa shape index (κ1) is 17.7. The van der Waals surface area contributed by atoms with Crippen molar-refractivity contribution >= 4 is 16.9 Å². The molecule has 2 aromatic carbocycles. The fraction of sp³-hybridized carbons (Fsp3) is 0.0556. The van der Waals surface area contributed by atoms with Gasteiger partial charge in [-0.15, -0.1) is 0 Å². The van der Waals surface area contributed by atoms with E-state index in [-0.39, 0.29) is 28.4 Å². The van der Waals surface area contributed by atoms with Gasteiger partial charge in [0.05, 0.1) is 5.39 Å². The van der Waals surface area contributed by atoms with E-state index in [9.17, 15) is 17.6 Å². The topological polar surface area (TPSA) is 89.7 Å². The predicted octanol–water partition coefficient (Wildman–Crippen LogP) is 4.26. The van der Waals surface area contributed by atoms with Crippen LogP contribution < -0.4 is 10.5 Å². The van der Waals surface area contributed by atoms with Gasteiger partial charge in [0.25, 0.3) is 0 Å². The number of rotatable bonds is 3. The Balaban J connectivity index is 1.75. The minimum atomic E-state index is -1.50. The molecule has 2 heterocycles. The Morgan fingerprint density at radius 3 is 2.54 bits per heavy atom. The van der Waals surface area contributed by atoms with E-state index in [0.717, 1.165) is 6.07 Å². The number of nitrogens with one attached hydrogen (secondary N) is 1. The molecular formula is C18H11F4N5O. The van der Waals surface area contributed by atoms with Crippen LogP contribution in [0.25, 0.3) is 22.3 Å². The number of hydrogen-bond donors (Lipinski definition) is 2. The minimum Gasteiger partial charge on any atom is -0.451 e. The van der Waals surface area contributed by atoms with Crippen LogP contribution in [0.5, 0.6) is 11.5 Å². The molecule has 0 aliphatic rings. The molecule has 0 bridgehead atoms. The van der Waals surface area contributed by atoms with Crippen molar-refractivity contribution in [1.29, 1.82) is 0 Å². The molecule has 28 heavy (non-hydrogen) atoms. The first-order valence-corrected chi connectivity index (χ1v) is 7.93. The maximum atomic E-state index is 14.7. The van der Waals surface area contributed by atoms with Crippen LogP contribution >= 0.6 is 0 Å². The summed E-state index contributed by atoms with van der Waals surface area (Å²) < 4.78 is 61.2. The third kappa shape index (κ3) is 2.79. The van der Waals surface area contributed by atoms with Crippen LogP contribution in [0, 0.1) is 30.2 Å². The van der Waals surface area contributed by atoms with E-state index < -0.39 is 29.0 Å². The molecule has 4 aromatic rings. The van der Waals surface area contributed by atoms with Crippen molar-refractivity contribution < 1.29 is 22.3 Å². The van der Waals surface area contributed by atoms with Crippen LogP contribution in [0.2, 0.25) is 0 Å². The zero-order valence-corrected chi connectivity index (χ0v) is 14.2. The molecule has 10 heteroatoms. The number of benzene rings is 2. The molecule has 6 nitrogen and oxygen atoms in total. The van der Waals surface area contributed by atoms with Gasteiger partial charge in [0.2, 0.25) is 11.6 Å². The number of aromatic nitrogens is 4. The molecule has 0 fully saturated rings. The maximum Gasteiger partial charge on any atom is 0.204 e. The van der Waals surface area contributed by atoms with Gasteiger partial charge in [0.1, 0.15) is 29.4 Å². The molecule has 3 N–H and O–H groups in total. The van der Waals surface area contributed by atoms with E-state index >= 15 is 0 Å². The lowest BCUT2D eigenvalue weighted by atomic mass is 10.1. The number of H-pyrrole nitrogens is 1. The van der Waals surface area contributed by atoms with Crippen molar-refractivity contribution in [2.45, 2.75) is 6.92 Å². The lowest BCUT2D eigenvalue weighted by molar-refractivity contribution is 0.383. The fourth-order valence-corrected chi connectivity index (χ4v) is 2.74. The van der Waals surface area contributed by atoms with Gasteiger partial charge in [-0.25, -0.2) is 23.1 Å². The molecule has 4 rings (SSSR count). The molecule has 0 saturated carbocycles. The van der Waals surface area contributed by atoms with Crippen molar-refractivity contribution in [2.75, 3.05) is 5.73 Å². The van der Waals surface area contributed by atoms with Gasteiger partial charge in [0, 0.05) is 11.6 Å². The standard InChI is InChI=1S/C18H11F4N5O/c1-7-4-11(20)14(22)16(13(7)21)28-8-2-3-9(10(19)5-8)15-12-17(23)24-6-25-18(12)27-26-15/h2-6H,1H3,(H3,23,24,25,26,27). The molecule has 142 valence electrons. The maximum absolute atomic E-state index is 14.7. The fourth-order valence-electron chi connectivity index (χ4n) is 2.74. The van der Waals surface area contributed by atoms with Crippen molar-refractivity contribution in [1.82, 2.24) is 20.2 Å². The number of nitrogen functional groups attached to an aromatic ring is 1. The Bertz CT molecular complexity index is 1200. The number of anilines is 1. The summed E-state index contributed by atoms with van der Waals surface area (Å²) >= 11 is 0. The highest BCUT2D eigenvalue weighted by Crippen LogP contribution is 2.35. The summed E-state index contributed by atoms with van der Waals surface area (Å²) in [5, 5.41) is 6.94. The van der Waals surface area contributed by atoms with E-state index in [1.807, 2.05) is 0 Å². The molecule has 0 radical (unpaired) electrons. The second kappa shape index (κ2) is 6.48. The normalized spacial score (nSPS) is 11.2. The predicted molar refractivity (Wildman–Crippen MR) is 92.6 cm³/mol. The highest BCUT2D eigenvalue weighted by molar-refractivity contribution is 5.97. The summed E-state index contributed by atoms with van der Waals surface area (Å²) in [7, 11) is 0. The first-order chi connectivity index (χ1) is 13.4. The Morgan fingerprint density at radius 2 is 1.79 bits per heavy atom. The molecule has 0 aliphatic heterocycles. The quantitative estimate of drug-likeness (QED) is 0.404. The highest BCUT2D eigenvalue weighted by Gasteiger charge is 2.21. The van der Waals surface area contributed by atoms with E-state index in [1.54, 1.807) is 0 Å². The van der Waals surface area contributed by atoms with E-state index in [4.69, 9.17) is 10.5 Å². The zero-order chi connectivity index (χ0) is 20.0. The van der Waals surface area contributed by atoms with Crippen molar-refractivity contribution in [3.05, 3.63) is 59.4 Å². The van der Waals surface area contributed by atoms with Gasteiger partial charge >= 0.3 is 0 Å². The van der Waals surface area contributed by atoms with Crippen molar-refractivity contribution in [3.63, 3.8) is 0 Å². The van der Waals surface area contributed by atoms with Crippen LogP contribution in [0.3, 0.4) is 0 Å². The Kier molecular flexibility index (Phi) is 4.10. The SMILES string of the molecule is Cc1cc(F)c(F)c(Oc2ccc(-c3n[nH]c4ncnc(N)c34)c(F)c2)c1F. The number of nitrogens with two attached hydrogens (primary N) is 1. The highest BCUT2D eigenvalue weighted by atomic mass is 19.2. The second-order valence-corrected chi connectivity index (χ2v) is 5.93. The van der Waals surface area contributed by atoms with Crippen LogP contribution in [-0.4, -0.2) is 20.2 Å². The first-order valence-electron chi connectivity index (χ1n) is 7.93. The number of ether oxygens (including phenoxy) is 1. The van der Waals surface area contributed by atoms with Gasteiger partial charge in [-0.1, -0.05) is 0 Å². The summed E-state index contributed by atoms with van der Waals surface area (Å²) in [5.41, 5.74) is 6.18. The molecule has 0 unspecified atom stereocenters. The molecular weight excluding hydrogens is 378 g/mol. The molecule has 0 aliphatic carbocycles. The Hall–Kier alpha value is -3.69. The number of halogens is 4. The summed E-state index contributed by atoms with van der Waals surface area (Å²) in [6.07, 6.45) is 1.23. The van der Waals surface area contributed by atoms with Crippen molar-refractivity contribution in [2.24, 2.45) is 0 Å². The monoisotopic (exact) mass is 389 g/mol. The summed E-state index contributed by atoms with van der Waals surface area (Å²) in [4.78, 5) is 7.80. The van der Waals surface area contributed by atoms with E-state index in [0.29, 0.717) is 17.1 Å². The molecule has 0 spiro atoms. The Morgan fingerprint density at radius 1 is 1.00 bits per heavy atom. The number of fused-ring (bicyclic) bond motifs is 1. The summed E-state index contributed by atoms with van der Waals surface area (Å²) in [6.45, 7) is 1.25. The zero-order valence-electron chi connectivity index (χ0n) is 14.2. The average molecular weight is 389 g/mol. The van der Waals surface area contributed by atoms with Gasteiger partial charge in [-0.3, -0.25) is 5.10 Å². The lowest BCUT2D eigenvalue weighted by Crippen LogP contribution is -1.99. The number of hydrogen-bond acceptors (Lipinski definition) is 5. The van der Waals surface area contributed by atoms with Gasteiger partial charge < -0.3 is 10.5 Å². The number of aromatic amines is 1. The summed E-state index contributed by atoms with van der Waals surface area (Å²) in [5.74, 6) is -5.73. The lowest BCUT2D eigenvalue weighted by Gasteiger charge is -2.11. The third-order valence-electron chi connectivity index (χ3n) is 4.10. The average Bonchev–Trinajstić information content (AvgIpc) is 3.09. The van der Waals surface area contributed by atoms with Gasteiger partial charge in [-0.05, 0) is 30.7 Å². The van der Waals surface area contributed by atoms with Crippen LogP contribution in [0.15, 0.2) is 30.6 Å². The number of nitrogens with zero attached hydrogens (tertiary/aromatic N) is 3. The summed E-state index contributed by atoms with van der Waals surface area (Å²) in [6, 6.07) is 4.15. The van der Waals surface area contributed by atoms with E-state index in [1.165, 1.54) is 25.4 Å². The smallest absolute Gasteiger partial charge is 0.204 e. The molecule has 0 atom stereocenters. The van der Waals surface area contributed by atoms with E-state index in [2.05, 4.69) is 20.2 Å². The van der Waals surface area contributed by atoms with Crippen LogP contribution in [0.4, 0.5) is 23.4 Å². The molecule has 2 aromatic heterocycles. The second-order valence-electron chi connectivity index (χ2n) is 5.93. The van der Waals surface area contributed by atoms with Crippen molar-refractivity contribution in [3.8, 4) is 22.8 Å².